The number of amides is 1. The maximum atomic E-state index is 12.6. The average Bonchev–Trinajstić information content (AvgIpc) is 3.39. The SMILES string of the molecule is O=C(C=Cc1ccco1)N1CCOCC1c1noc(-c2ccccc2)n1. The lowest BCUT2D eigenvalue weighted by molar-refractivity contribution is -0.135. The molecule has 1 fully saturated rings. The summed E-state index contributed by atoms with van der Waals surface area (Å²) in [5.41, 5.74) is 0.832. The fraction of sp³-hybridized carbons (Fsp3) is 0.211. The molecule has 7 heteroatoms. The predicted molar refractivity (Wildman–Crippen MR) is 92.7 cm³/mol. The molecule has 1 aliphatic rings. The van der Waals surface area contributed by atoms with Crippen molar-refractivity contribution in [1.82, 2.24) is 15.0 Å². The molecule has 0 saturated carbocycles. The van der Waals surface area contributed by atoms with Crippen molar-refractivity contribution in [1.29, 1.82) is 0 Å². The van der Waals surface area contributed by atoms with Gasteiger partial charge in [0.25, 0.3) is 5.89 Å². The normalized spacial score (nSPS) is 17.7. The number of rotatable bonds is 4. The zero-order valence-corrected chi connectivity index (χ0v) is 13.9. The average molecular weight is 351 g/mol. The zero-order chi connectivity index (χ0) is 17.8. The van der Waals surface area contributed by atoms with E-state index in [0.717, 1.165) is 5.56 Å². The van der Waals surface area contributed by atoms with E-state index in [4.69, 9.17) is 13.7 Å². The van der Waals surface area contributed by atoms with Gasteiger partial charge in [-0.1, -0.05) is 23.4 Å². The van der Waals surface area contributed by atoms with Crippen LogP contribution in [0, 0.1) is 0 Å². The topological polar surface area (TPSA) is 81.6 Å². The van der Waals surface area contributed by atoms with Crippen LogP contribution >= 0.6 is 0 Å². The number of aromatic nitrogens is 2. The molecule has 1 aliphatic heterocycles. The van der Waals surface area contributed by atoms with Crippen molar-refractivity contribution in [3.8, 4) is 11.5 Å². The van der Waals surface area contributed by atoms with Gasteiger partial charge in [0.2, 0.25) is 5.91 Å². The van der Waals surface area contributed by atoms with E-state index in [9.17, 15) is 4.79 Å². The Hall–Kier alpha value is -3.19. The van der Waals surface area contributed by atoms with Crippen molar-refractivity contribution in [3.63, 3.8) is 0 Å². The number of carbonyl (C=O) groups is 1. The lowest BCUT2D eigenvalue weighted by Gasteiger charge is -2.32. The molecule has 0 aliphatic carbocycles. The standard InChI is InChI=1S/C19H17N3O4/c23-17(9-8-15-7-4-11-25-15)22-10-12-24-13-16(22)18-20-19(26-21-18)14-5-2-1-3-6-14/h1-9,11,16H,10,12-13H2. The Morgan fingerprint density at radius 2 is 2.08 bits per heavy atom. The van der Waals surface area contributed by atoms with E-state index in [1.54, 1.807) is 29.4 Å². The molecule has 132 valence electrons. The molecule has 0 spiro atoms. The van der Waals surface area contributed by atoms with Crippen molar-refractivity contribution in [2.24, 2.45) is 0 Å². The van der Waals surface area contributed by atoms with Crippen LogP contribution in [0.5, 0.6) is 0 Å². The fourth-order valence-corrected chi connectivity index (χ4v) is 2.78. The Morgan fingerprint density at radius 3 is 2.88 bits per heavy atom. The lowest BCUT2D eigenvalue weighted by atomic mass is 10.2. The van der Waals surface area contributed by atoms with E-state index in [-0.39, 0.29) is 5.91 Å². The summed E-state index contributed by atoms with van der Waals surface area (Å²) in [6.45, 7) is 1.26. The third-order valence-electron chi connectivity index (χ3n) is 4.11. The van der Waals surface area contributed by atoms with E-state index < -0.39 is 6.04 Å². The second kappa shape index (κ2) is 7.37. The van der Waals surface area contributed by atoms with Crippen LogP contribution in [0.4, 0.5) is 0 Å². The highest BCUT2D eigenvalue weighted by atomic mass is 16.5. The van der Waals surface area contributed by atoms with Crippen LogP contribution in [0.25, 0.3) is 17.5 Å². The number of carbonyl (C=O) groups excluding carboxylic acids is 1. The van der Waals surface area contributed by atoms with E-state index in [1.165, 1.54) is 6.08 Å². The van der Waals surface area contributed by atoms with Crippen LogP contribution in [0.1, 0.15) is 17.6 Å². The minimum absolute atomic E-state index is 0.152. The molecule has 3 aromatic rings. The van der Waals surface area contributed by atoms with Gasteiger partial charge in [-0.2, -0.15) is 4.98 Å². The highest BCUT2D eigenvalue weighted by Gasteiger charge is 2.31. The first-order valence-electron chi connectivity index (χ1n) is 8.30. The largest absolute Gasteiger partial charge is 0.465 e. The number of furan rings is 1. The maximum Gasteiger partial charge on any atom is 0.257 e. The Balaban J connectivity index is 1.54. The van der Waals surface area contributed by atoms with Crippen LogP contribution < -0.4 is 0 Å². The highest BCUT2D eigenvalue weighted by Crippen LogP contribution is 2.25. The fourth-order valence-electron chi connectivity index (χ4n) is 2.78. The quantitative estimate of drug-likeness (QED) is 0.672. The molecule has 4 rings (SSSR count). The Labute approximate surface area is 149 Å². The number of nitrogens with zero attached hydrogens (tertiary/aromatic N) is 3. The molecular weight excluding hydrogens is 334 g/mol. The Bertz CT molecular complexity index is 887. The van der Waals surface area contributed by atoms with Crippen LogP contribution in [-0.2, 0) is 9.53 Å². The van der Waals surface area contributed by atoms with Crippen molar-refractivity contribution < 1.29 is 18.5 Å². The van der Waals surface area contributed by atoms with Gasteiger partial charge in [-0.05, 0) is 30.3 Å². The second-order valence-electron chi connectivity index (χ2n) is 5.79. The van der Waals surface area contributed by atoms with Crippen LogP contribution in [0.15, 0.2) is 63.7 Å². The minimum atomic E-state index is -0.390. The molecule has 1 unspecified atom stereocenters. The Morgan fingerprint density at radius 1 is 1.19 bits per heavy atom. The molecule has 1 saturated heterocycles. The molecule has 2 aromatic heterocycles. The van der Waals surface area contributed by atoms with Gasteiger partial charge in [-0.15, -0.1) is 0 Å². The molecule has 0 radical (unpaired) electrons. The van der Waals surface area contributed by atoms with Gasteiger partial charge in [-0.3, -0.25) is 4.79 Å². The summed E-state index contributed by atoms with van der Waals surface area (Å²) in [7, 11) is 0. The molecule has 3 heterocycles. The monoisotopic (exact) mass is 351 g/mol. The summed E-state index contributed by atoms with van der Waals surface area (Å²) in [6, 6.07) is 12.7. The molecule has 1 amide bonds. The molecule has 1 atom stereocenters. The summed E-state index contributed by atoms with van der Waals surface area (Å²) >= 11 is 0. The first-order chi connectivity index (χ1) is 12.8. The second-order valence-corrected chi connectivity index (χ2v) is 5.79. The number of hydrogen-bond acceptors (Lipinski definition) is 6. The third-order valence-corrected chi connectivity index (χ3v) is 4.11. The van der Waals surface area contributed by atoms with E-state index in [0.29, 0.717) is 37.2 Å². The van der Waals surface area contributed by atoms with Gasteiger partial charge in [0.05, 0.1) is 19.5 Å². The van der Waals surface area contributed by atoms with Crippen molar-refractivity contribution in [2.75, 3.05) is 19.8 Å². The molecule has 26 heavy (non-hydrogen) atoms. The number of benzene rings is 1. The molecular formula is C19H17N3O4. The number of hydrogen-bond donors (Lipinski definition) is 0. The van der Waals surface area contributed by atoms with Gasteiger partial charge in [0.1, 0.15) is 11.8 Å². The Kier molecular flexibility index (Phi) is 4.61. The van der Waals surface area contributed by atoms with Gasteiger partial charge in [-0.25, -0.2) is 0 Å². The predicted octanol–water partition coefficient (Wildman–Crippen LogP) is 2.94. The van der Waals surface area contributed by atoms with Gasteiger partial charge in [0.15, 0.2) is 5.82 Å². The number of morpholine rings is 1. The summed E-state index contributed by atoms with van der Waals surface area (Å²) in [5.74, 6) is 1.32. The maximum absolute atomic E-state index is 12.6. The summed E-state index contributed by atoms with van der Waals surface area (Å²) in [4.78, 5) is 18.7. The van der Waals surface area contributed by atoms with Crippen molar-refractivity contribution in [3.05, 3.63) is 66.4 Å². The molecule has 7 nitrogen and oxygen atoms in total. The first kappa shape index (κ1) is 16.3. The van der Waals surface area contributed by atoms with Crippen molar-refractivity contribution >= 4 is 12.0 Å². The molecule has 0 N–H and O–H groups in total. The van der Waals surface area contributed by atoms with Crippen LogP contribution in [0.2, 0.25) is 0 Å². The highest BCUT2D eigenvalue weighted by molar-refractivity contribution is 5.91. The van der Waals surface area contributed by atoms with Gasteiger partial charge in [0, 0.05) is 18.2 Å². The smallest absolute Gasteiger partial charge is 0.257 e. The zero-order valence-electron chi connectivity index (χ0n) is 13.9. The lowest BCUT2D eigenvalue weighted by Crippen LogP contribution is -2.43. The summed E-state index contributed by atoms with van der Waals surface area (Å²) < 4.78 is 16.1. The molecule has 0 bridgehead atoms. The summed E-state index contributed by atoms with van der Waals surface area (Å²) in [5, 5.41) is 4.06. The minimum Gasteiger partial charge on any atom is -0.465 e. The van der Waals surface area contributed by atoms with Crippen LogP contribution in [0.3, 0.4) is 0 Å². The molecule has 1 aromatic carbocycles. The number of ether oxygens (including phenoxy) is 1. The van der Waals surface area contributed by atoms with E-state index >= 15 is 0 Å². The van der Waals surface area contributed by atoms with Gasteiger partial charge < -0.3 is 18.6 Å². The van der Waals surface area contributed by atoms with E-state index in [1.807, 2.05) is 30.3 Å². The summed E-state index contributed by atoms with van der Waals surface area (Å²) in [6.07, 6.45) is 4.68. The van der Waals surface area contributed by atoms with Crippen molar-refractivity contribution in [2.45, 2.75) is 6.04 Å². The third kappa shape index (κ3) is 3.43. The van der Waals surface area contributed by atoms with E-state index in [2.05, 4.69) is 10.1 Å². The van der Waals surface area contributed by atoms with Gasteiger partial charge >= 0.3 is 0 Å². The first-order valence-corrected chi connectivity index (χ1v) is 8.30. The van der Waals surface area contributed by atoms with Crippen LogP contribution in [-0.4, -0.2) is 40.7 Å².